The molecule has 0 saturated carbocycles. The average molecular weight is 462 g/mol. The van der Waals surface area contributed by atoms with Crippen molar-refractivity contribution in [2.75, 3.05) is 10.7 Å². The van der Waals surface area contributed by atoms with Gasteiger partial charge in [-0.25, -0.2) is 0 Å². The molecule has 5 rings (SSSR count). The molecule has 1 aliphatic rings. The average Bonchev–Trinajstić information content (AvgIpc) is 2.84. The fraction of sp³-hybridized carbons (Fsp3) is 0.130. The Balaban J connectivity index is 1.87. The third-order valence-corrected chi connectivity index (χ3v) is 6.23. The van der Waals surface area contributed by atoms with Crippen LogP contribution in [0.5, 0.6) is 11.5 Å². The van der Waals surface area contributed by atoms with Crippen LogP contribution >= 0.6 is 0 Å². The summed E-state index contributed by atoms with van der Waals surface area (Å²) in [6.07, 6.45) is 9.20. The maximum atomic E-state index is 12.0. The van der Waals surface area contributed by atoms with E-state index < -0.39 is 21.4 Å². The van der Waals surface area contributed by atoms with E-state index in [1.807, 2.05) is 53.4 Å². The van der Waals surface area contributed by atoms with Crippen LogP contribution in [0.2, 0.25) is 0 Å². The molecule has 4 aromatic rings. The minimum absolute atomic E-state index is 0.0775. The third kappa shape index (κ3) is 3.79. The zero-order valence-electron chi connectivity index (χ0n) is 17.3. The monoisotopic (exact) mass is 461 g/mol. The number of rotatable bonds is 6. The van der Waals surface area contributed by atoms with Gasteiger partial charge in [0.25, 0.3) is 10.1 Å². The quantitative estimate of drug-likeness (QED) is 0.428. The summed E-state index contributed by atoms with van der Waals surface area (Å²) in [5.74, 6) is 0.627. The highest BCUT2D eigenvalue weighted by Crippen LogP contribution is 2.54. The van der Waals surface area contributed by atoms with Gasteiger partial charge in [0.05, 0.1) is 40.9 Å². The van der Waals surface area contributed by atoms with Crippen molar-refractivity contribution in [2.45, 2.75) is 12.0 Å². The number of hydrogen-bond donors (Lipinski definition) is 1. The Kier molecular flexibility index (Phi) is 5.23. The molecule has 0 unspecified atom stereocenters. The highest BCUT2D eigenvalue weighted by molar-refractivity contribution is 7.85. The van der Waals surface area contributed by atoms with Crippen molar-refractivity contribution in [1.29, 1.82) is 0 Å². The standard InChI is InChI=1S/C23H19N5O4S/c29-33(30,31)14-9-23(21-15-24-10-12-26-21,22-16-25-11-13-27-22)28-17-5-1-3-7-19(17)32-20-8-4-2-6-18(20)28/h1-8,10-13,15-16H,9,14H2,(H,29,30,31). The minimum atomic E-state index is -4.32. The lowest BCUT2D eigenvalue weighted by Crippen LogP contribution is -2.48. The second kappa shape index (κ2) is 8.23. The molecule has 0 aliphatic carbocycles. The molecule has 0 radical (unpaired) electrons. The highest BCUT2D eigenvalue weighted by atomic mass is 32.2. The number of para-hydroxylation sites is 4. The molecule has 166 valence electrons. The summed E-state index contributed by atoms with van der Waals surface area (Å²) in [6.45, 7) is 0. The van der Waals surface area contributed by atoms with E-state index in [1.165, 1.54) is 24.8 Å². The number of ether oxygens (including phenoxy) is 1. The van der Waals surface area contributed by atoms with Gasteiger partial charge in [0.1, 0.15) is 5.54 Å². The van der Waals surface area contributed by atoms with Gasteiger partial charge in [0.2, 0.25) is 0 Å². The molecule has 1 N–H and O–H groups in total. The summed E-state index contributed by atoms with van der Waals surface area (Å²) in [5.41, 5.74) is 0.973. The lowest BCUT2D eigenvalue weighted by atomic mass is 9.84. The Morgan fingerprint density at radius 1 is 0.818 bits per heavy atom. The molecule has 9 nitrogen and oxygen atoms in total. The maximum Gasteiger partial charge on any atom is 0.264 e. The molecule has 0 bridgehead atoms. The second-order valence-electron chi connectivity index (χ2n) is 7.45. The Bertz CT molecular complexity index is 1300. The van der Waals surface area contributed by atoms with Gasteiger partial charge in [-0.15, -0.1) is 0 Å². The highest BCUT2D eigenvalue weighted by Gasteiger charge is 2.48. The first-order valence-corrected chi connectivity index (χ1v) is 11.7. The molecular weight excluding hydrogens is 442 g/mol. The molecule has 0 atom stereocenters. The molecule has 33 heavy (non-hydrogen) atoms. The molecule has 1 aliphatic heterocycles. The number of hydrogen-bond acceptors (Lipinski definition) is 8. The summed E-state index contributed by atoms with van der Waals surface area (Å²) in [6, 6.07) is 14.9. The predicted octanol–water partition coefficient (Wildman–Crippen LogP) is 3.73. The Morgan fingerprint density at radius 3 is 1.79 bits per heavy atom. The maximum absolute atomic E-state index is 12.0. The molecule has 10 heteroatoms. The Labute approximate surface area is 190 Å². The van der Waals surface area contributed by atoms with Gasteiger partial charge in [-0.1, -0.05) is 24.3 Å². The van der Waals surface area contributed by atoms with Gasteiger partial charge in [0, 0.05) is 24.8 Å². The van der Waals surface area contributed by atoms with Gasteiger partial charge in [-0.05, 0) is 30.7 Å². The van der Waals surface area contributed by atoms with Crippen molar-refractivity contribution >= 4 is 21.5 Å². The summed E-state index contributed by atoms with van der Waals surface area (Å²) in [7, 11) is -4.32. The fourth-order valence-corrected chi connectivity index (χ4v) is 4.70. The topological polar surface area (TPSA) is 118 Å². The second-order valence-corrected chi connectivity index (χ2v) is 9.02. The summed E-state index contributed by atoms with van der Waals surface area (Å²) < 4.78 is 39.8. The number of aromatic nitrogens is 4. The van der Waals surface area contributed by atoms with E-state index in [4.69, 9.17) is 4.74 Å². The third-order valence-electron chi connectivity index (χ3n) is 5.51. The normalized spacial score (nSPS) is 13.1. The van der Waals surface area contributed by atoms with Crippen LogP contribution in [0.3, 0.4) is 0 Å². The first-order chi connectivity index (χ1) is 16.0. The van der Waals surface area contributed by atoms with Crippen LogP contribution in [0.4, 0.5) is 11.4 Å². The van der Waals surface area contributed by atoms with Crippen LogP contribution in [-0.4, -0.2) is 38.7 Å². The lowest BCUT2D eigenvalue weighted by molar-refractivity contribution is 0.417. The zero-order chi connectivity index (χ0) is 22.9. The Hall–Kier alpha value is -3.89. The van der Waals surface area contributed by atoms with E-state index in [0.717, 1.165) is 0 Å². The molecule has 0 amide bonds. The summed E-state index contributed by atoms with van der Waals surface area (Å²) in [4.78, 5) is 19.6. The molecular formula is C23H19N5O4S. The van der Waals surface area contributed by atoms with Crippen molar-refractivity contribution in [3.63, 3.8) is 0 Å². The number of benzene rings is 2. The Morgan fingerprint density at radius 2 is 1.33 bits per heavy atom. The van der Waals surface area contributed by atoms with E-state index >= 15 is 0 Å². The lowest BCUT2D eigenvalue weighted by Gasteiger charge is -2.46. The molecule has 2 aromatic heterocycles. The number of anilines is 2. The van der Waals surface area contributed by atoms with Crippen LogP contribution in [0.15, 0.2) is 85.7 Å². The van der Waals surface area contributed by atoms with Crippen molar-refractivity contribution in [3.8, 4) is 11.5 Å². The van der Waals surface area contributed by atoms with Gasteiger partial charge in [-0.3, -0.25) is 24.5 Å². The van der Waals surface area contributed by atoms with E-state index in [0.29, 0.717) is 34.3 Å². The van der Waals surface area contributed by atoms with Crippen molar-refractivity contribution in [2.24, 2.45) is 0 Å². The van der Waals surface area contributed by atoms with Gasteiger partial charge < -0.3 is 9.64 Å². The van der Waals surface area contributed by atoms with Crippen LogP contribution < -0.4 is 9.64 Å². The molecule has 0 spiro atoms. The van der Waals surface area contributed by atoms with Crippen LogP contribution in [0.25, 0.3) is 0 Å². The van der Waals surface area contributed by atoms with E-state index in [1.54, 1.807) is 12.4 Å². The SMILES string of the molecule is O=S(=O)(O)CCC(c1cnccn1)(c1cnccn1)N1c2ccccc2Oc2ccccc21. The van der Waals surface area contributed by atoms with Crippen molar-refractivity contribution in [3.05, 3.63) is 97.1 Å². The fourth-order valence-electron chi connectivity index (χ4n) is 4.15. The molecule has 0 fully saturated rings. The first-order valence-electron chi connectivity index (χ1n) is 10.1. The van der Waals surface area contributed by atoms with Crippen LogP contribution in [-0.2, 0) is 15.7 Å². The summed E-state index contributed by atoms with van der Waals surface area (Å²) >= 11 is 0. The predicted molar refractivity (Wildman–Crippen MR) is 121 cm³/mol. The van der Waals surface area contributed by atoms with E-state index in [2.05, 4.69) is 19.9 Å². The van der Waals surface area contributed by atoms with E-state index in [9.17, 15) is 13.0 Å². The van der Waals surface area contributed by atoms with Crippen LogP contribution in [0.1, 0.15) is 17.8 Å². The van der Waals surface area contributed by atoms with Crippen molar-refractivity contribution < 1.29 is 17.7 Å². The molecule has 2 aromatic carbocycles. The zero-order valence-corrected chi connectivity index (χ0v) is 18.1. The first kappa shape index (κ1) is 21.0. The summed E-state index contributed by atoms with van der Waals surface area (Å²) in [5, 5.41) is 0. The largest absolute Gasteiger partial charge is 0.453 e. The minimum Gasteiger partial charge on any atom is -0.453 e. The smallest absolute Gasteiger partial charge is 0.264 e. The van der Waals surface area contributed by atoms with Gasteiger partial charge in [-0.2, -0.15) is 8.42 Å². The molecule has 0 saturated heterocycles. The van der Waals surface area contributed by atoms with Crippen LogP contribution in [0, 0.1) is 0 Å². The van der Waals surface area contributed by atoms with Gasteiger partial charge >= 0.3 is 0 Å². The van der Waals surface area contributed by atoms with Gasteiger partial charge in [0.15, 0.2) is 11.5 Å². The van der Waals surface area contributed by atoms with E-state index in [-0.39, 0.29) is 6.42 Å². The number of nitrogens with zero attached hydrogens (tertiary/aromatic N) is 5. The number of fused-ring (bicyclic) bond motifs is 2. The molecule has 3 heterocycles. The van der Waals surface area contributed by atoms with Crippen molar-refractivity contribution in [1.82, 2.24) is 19.9 Å².